The Kier molecular flexibility index (Phi) is 2.92. The van der Waals surface area contributed by atoms with Crippen molar-refractivity contribution in [2.24, 2.45) is 0 Å². The maximum absolute atomic E-state index is 13.9. The van der Waals surface area contributed by atoms with Gasteiger partial charge in [-0.2, -0.15) is 0 Å². The number of hydrogen-bond donors (Lipinski definition) is 0. The van der Waals surface area contributed by atoms with Crippen molar-refractivity contribution in [3.05, 3.63) is 12.2 Å². The van der Waals surface area contributed by atoms with Gasteiger partial charge in [-0.1, -0.05) is 24.8 Å². The fraction of sp³-hybridized carbons (Fsp3) is 0.636. The molecular formula is C11H15F. The average molecular weight is 166 g/mol. The van der Waals surface area contributed by atoms with Gasteiger partial charge in [0.25, 0.3) is 0 Å². The van der Waals surface area contributed by atoms with Gasteiger partial charge in [0.1, 0.15) is 0 Å². The van der Waals surface area contributed by atoms with Gasteiger partial charge in [-0.3, -0.25) is 0 Å². The monoisotopic (exact) mass is 166 g/mol. The molecule has 0 aliphatic heterocycles. The zero-order valence-electron chi connectivity index (χ0n) is 7.62. The van der Waals surface area contributed by atoms with E-state index in [1.807, 2.05) is 0 Å². The lowest BCUT2D eigenvalue weighted by atomic mass is 9.90. The average Bonchev–Trinajstić information content (AvgIpc) is 1.97. The maximum Gasteiger partial charge on any atom is 0.191 e. The predicted octanol–water partition coefficient (Wildman–Crippen LogP) is 3.24. The lowest BCUT2D eigenvalue weighted by molar-refractivity contribution is 0.265. The number of hydrogen-bond acceptors (Lipinski definition) is 0. The Labute approximate surface area is 73.9 Å². The quantitative estimate of drug-likeness (QED) is 0.414. The maximum atomic E-state index is 13.9. The molecule has 0 bridgehead atoms. The van der Waals surface area contributed by atoms with E-state index >= 15 is 0 Å². The standard InChI is InChI=1S/C11H15F/c1-10(2)11(12)8-6-4-3-5-7-9-11/h1,3-6,8H2,2H3. The van der Waals surface area contributed by atoms with E-state index < -0.39 is 5.67 Å². The summed E-state index contributed by atoms with van der Waals surface area (Å²) in [6, 6.07) is 0. The Hall–Kier alpha value is -0.770. The Bertz CT molecular complexity index is 231. The SMILES string of the molecule is C=C(C)C1(F)C#CCCCCC1. The molecule has 0 nitrogen and oxygen atoms in total. The van der Waals surface area contributed by atoms with E-state index in [0.717, 1.165) is 25.7 Å². The van der Waals surface area contributed by atoms with Crippen LogP contribution in [0.2, 0.25) is 0 Å². The zero-order chi connectivity index (χ0) is 9.03. The molecule has 0 aromatic carbocycles. The summed E-state index contributed by atoms with van der Waals surface area (Å²) < 4.78 is 13.9. The van der Waals surface area contributed by atoms with E-state index in [4.69, 9.17) is 0 Å². The fourth-order valence-electron chi connectivity index (χ4n) is 1.34. The van der Waals surface area contributed by atoms with Crippen LogP contribution >= 0.6 is 0 Å². The summed E-state index contributed by atoms with van der Waals surface area (Å²) in [5, 5.41) is 0. The molecule has 1 rings (SSSR count). The highest BCUT2D eigenvalue weighted by atomic mass is 19.1. The second-order valence-corrected chi connectivity index (χ2v) is 3.44. The molecule has 0 spiro atoms. The van der Waals surface area contributed by atoms with Gasteiger partial charge in [0, 0.05) is 6.42 Å². The van der Waals surface area contributed by atoms with Gasteiger partial charge in [0.15, 0.2) is 5.67 Å². The summed E-state index contributed by atoms with van der Waals surface area (Å²) in [5.74, 6) is 5.55. The summed E-state index contributed by atoms with van der Waals surface area (Å²) >= 11 is 0. The lowest BCUT2D eigenvalue weighted by Gasteiger charge is -2.20. The molecule has 0 saturated carbocycles. The van der Waals surface area contributed by atoms with E-state index in [1.54, 1.807) is 6.92 Å². The van der Waals surface area contributed by atoms with Crippen LogP contribution in [0.25, 0.3) is 0 Å². The smallest absolute Gasteiger partial charge is 0.191 e. The first kappa shape index (κ1) is 9.32. The minimum absolute atomic E-state index is 0.523. The summed E-state index contributed by atoms with van der Waals surface area (Å²) in [6.07, 6.45) is 4.49. The Morgan fingerprint density at radius 2 is 2.17 bits per heavy atom. The van der Waals surface area contributed by atoms with E-state index in [1.165, 1.54) is 0 Å². The van der Waals surface area contributed by atoms with Gasteiger partial charge in [-0.25, -0.2) is 4.39 Å². The molecule has 0 amide bonds. The van der Waals surface area contributed by atoms with Crippen LogP contribution in [-0.4, -0.2) is 5.67 Å². The minimum Gasteiger partial charge on any atom is -0.225 e. The molecule has 1 unspecified atom stereocenters. The van der Waals surface area contributed by atoms with Crippen molar-refractivity contribution in [3.8, 4) is 11.8 Å². The second-order valence-electron chi connectivity index (χ2n) is 3.44. The molecule has 0 fully saturated rings. The van der Waals surface area contributed by atoms with Crippen LogP contribution in [0.15, 0.2) is 12.2 Å². The molecular weight excluding hydrogens is 151 g/mol. The van der Waals surface area contributed by atoms with Crippen molar-refractivity contribution in [1.82, 2.24) is 0 Å². The Balaban J connectivity index is 2.77. The highest BCUT2D eigenvalue weighted by Gasteiger charge is 2.27. The van der Waals surface area contributed by atoms with Gasteiger partial charge in [0.05, 0.1) is 0 Å². The highest BCUT2D eigenvalue weighted by molar-refractivity contribution is 5.28. The normalized spacial score (nSPS) is 29.5. The molecule has 1 aliphatic carbocycles. The number of allylic oxidation sites excluding steroid dienone is 1. The van der Waals surface area contributed by atoms with Gasteiger partial charge in [-0.05, 0) is 31.8 Å². The van der Waals surface area contributed by atoms with E-state index in [0.29, 0.717) is 12.0 Å². The van der Waals surface area contributed by atoms with Crippen LogP contribution in [0.4, 0.5) is 4.39 Å². The van der Waals surface area contributed by atoms with Gasteiger partial charge in [-0.15, -0.1) is 0 Å². The van der Waals surface area contributed by atoms with Crippen molar-refractivity contribution < 1.29 is 4.39 Å². The topological polar surface area (TPSA) is 0 Å². The van der Waals surface area contributed by atoms with Crippen molar-refractivity contribution in [3.63, 3.8) is 0 Å². The van der Waals surface area contributed by atoms with E-state index in [9.17, 15) is 4.39 Å². The third-order valence-electron chi connectivity index (χ3n) is 2.29. The molecule has 1 aliphatic rings. The van der Waals surface area contributed by atoms with Crippen LogP contribution in [-0.2, 0) is 0 Å². The first-order chi connectivity index (χ1) is 5.65. The molecule has 0 aromatic heterocycles. The summed E-state index contributed by atoms with van der Waals surface area (Å²) in [6.45, 7) is 5.36. The molecule has 0 saturated heterocycles. The molecule has 12 heavy (non-hydrogen) atoms. The van der Waals surface area contributed by atoms with Crippen molar-refractivity contribution in [2.75, 3.05) is 0 Å². The van der Waals surface area contributed by atoms with Gasteiger partial charge < -0.3 is 0 Å². The molecule has 1 heteroatoms. The van der Waals surface area contributed by atoms with Crippen LogP contribution in [0.3, 0.4) is 0 Å². The first-order valence-electron chi connectivity index (χ1n) is 4.50. The molecule has 0 aromatic rings. The van der Waals surface area contributed by atoms with Crippen LogP contribution in [0.1, 0.15) is 39.0 Å². The molecule has 0 radical (unpaired) electrons. The molecule has 0 heterocycles. The first-order valence-corrected chi connectivity index (χ1v) is 4.50. The summed E-state index contributed by atoms with van der Waals surface area (Å²) in [5.41, 5.74) is -0.850. The fourth-order valence-corrected chi connectivity index (χ4v) is 1.34. The second kappa shape index (κ2) is 3.76. The van der Waals surface area contributed by atoms with E-state index in [2.05, 4.69) is 18.4 Å². The van der Waals surface area contributed by atoms with Crippen molar-refractivity contribution in [1.29, 1.82) is 0 Å². The number of halogens is 1. The number of alkyl halides is 1. The highest BCUT2D eigenvalue weighted by Crippen LogP contribution is 2.27. The van der Waals surface area contributed by atoms with Crippen molar-refractivity contribution >= 4 is 0 Å². The largest absolute Gasteiger partial charge is 0.225 e. The third-order valence-corrected chi connectivity index (χ3v) is 2.29. The zero-order valence-corrected chi connectivity index (χ0v) is 7.62. The molecule has 0 N–H and O–H groups in total. The Morgan fingerprint density at radius 1 is 1.42 bits per heavy atom. The van der Waals surface area contributed by atoms with Gasteiger partial charge in [0.2, 0.25) is 0 Å². The van der Waals surface area contributed by atoms with Crippen LogP contribution in [0.5, 0.6) is 0 Å². The minimum atomic E-state index is -1.40. The summed E-state index contributed by atoms with van der Waals surface area (Å²) in [7, 11) is 0. The third kappa shape index (κ3) is 2.11. The van der Waals surface area contributed by atoms with Crippen molar-refractivity contribution in [2.45, 2.75) is 44.7 Å². The Morgan fingerprint density at radius 3 is 2.83 bits per heavy atom. The van der Waals surface area contributed by atoms with Gasteiger partial charge >= 0.3 is 0 Å². The van der Waals surface area contributed by atoms with Crippen LogP contribution < -0.4 is 0 Å². The number of rotatable bonds is 1. The lowest BCUT2D eigenvalue weighted by Crippen LogP contribution is -2.22. The van der Waals surface area contributed by atoms with E-state index in [-0.39, 0.29) is 0 Å². The van der Waals surface area contributed by atoms with Crippen LogP contribution in [0, 0.1) is 11.8 Å². The predicted molar refractivity (Wildman–Crippen MR) is 49.5 cm³/mol. The molecule has 66 valence electrons. The summed E-state index contributed by atoms with van der Waals surface area (Å²) in [4.78, 5) is 0. The molecule has 1 atom stereocenters.